The number of esters is 1. The van der Waals surface area contributed by atoms with Crippen LogP contribution in [0.25, 0.3) is 10.1 Å². The molecule has 0 saturated heterocycles. The van der Waals surface area contributed by atoms with Crippen molar-refractivity contribution in [1.82, 2.24) is 4.98 Å². The summed E-state index contributed by atoms with van der Waals surface area (Å²) in [6, 6.07) is 3.76. The SMILES string of the molecule is CCOC(=O)c1cc2ccnc(NC(C)(C)C)c2s1. The molecule has 1 N–H and O–H groups in total. The Morgan fingerprint density at radius 2 is 2.21 bits per heavy atom. The lowest BCUT2D eigenvalue weighted by molar-refractivity contribution is 0.0532. The van der Waals surface area contributed by atoms with Crippen LogP contribution in [0.5, 0.6) is 0 Å². The van der Waals surface area contributed by atoms with Crippen molar-refractivity contribution >= 4 is 33.2 Å². The number of nitrogens with one attached hydrogen (secondary N) is 1. The van der Waals surface area contributed by atoms with E-state index in [0.29, 0.717) is 11.5 Å². The number of carbonyl (C=O) groups excluding carboxylic acids is 1. The van der Waals surface area contributed by atoms with Crippen LogP contribution in [0, 0.1) is 0 Å². The van der Waals surface area contributed by atoms with E-state index in [2.05, 4.69) is 31.1 Å². The second-order valence-electron chi connectivity index (χ2n) is 5.28. The maximum atomic E-state index is 11.8. The molecular formula is C14H18N2O2S. The van der Waals surface area contributed by atoms with Gasteiger partial charge in [-0.25, -0.2) is 9.78 Å². The molecule has 2 aromatic rings. The molecule has 0 amide bonds. The third-order valence-corrected chi connectivity index (χ3v) is 3.54. The van der Waals surface area contributed by atoms with Gasteiger partial charge in [-0.2, -0.15) is 0 Å². The van der Waals surface area contributed by atoms with Gasteiger partial charge in [0.1, 0.15) is 10.7 Å². The molecule has 0 aliphatic heterocycles. The zero-order valence-electron chi connectivity index (χ0n) is 11.6. The minimum Gasteiger partial charge on any atom is -0.462 e. The van der Waals surface area contributed by atoms with Gasteiger partial charge in [-0.3, -0.25) is 0 Å². The lowest BCUT2D eigenvalue weighted by atomic mass is 10.1. The van der Waals surface area contributed by atoms with Crippen molar-refractivity contribution in [2.24, 2.45) is 0 Å². The number of carbonyl (C=O) groups is 1. The van der Waals surface area contributed by atoms with E-state index in [1.807, 2.05) is 12.1 Å². The fourth-order valence-electron chi connectivity index (χ4n) is 1.71. The van der Waals surface area contributed by atoms with E-state index in [0.717, 1.165) is 15.9 Å². The highest BCUT2D eigenvalue weighted by atomic mass is 32.1. The first-order valence-corrected chi connectivity index (χ1v) is 7.06. The number of fused-ring (bicyclic) bond motifs is 1. The van der Waals surface area contributed by atoms with Crippen LogP contribution in [0.1, 0.15) is 37.4 Å². The Hall–Kier alpha value is -1.62. The van der Waals surface area contributed by atoms with E-state index in [-0.39, 0.29) is 11.5 Å². The Balaban J connectivity index is 2.42. The highest BCUT2D eigenvalue weighted by Gasteiger charge is 2.17. The largest absolute Gasteiger partial charge is 0.462 e. The first-order chi connectivity index (χ1) is 8.90. The molecule has 0 aliphatic rings. The average Bonchev–Trinajstić information content (AvgIpc) is 2.72. The van der Waals surface area contributed by atoms with Gasteiger partial charge in [-0.05, 0) is 45.2 Å². The van der Waals surface area contributed by atoms with Crippen LogP contribution >= 0.6 is 11.3 Å². The van der Waals surface area contributed by atoms with Crippen molar-refractivity contribution in [2.75, 3.05) is 11.9 Å². The molecule has 5 heteroatoms. The topological polar surface area (TPSA) is 51.2 Å². The molecule has 2 heterocycles. The monoisotopic (exact) mass is 278 g/mol. The van der Waals surface area contributed by atoms with Crippen LogP contribution in [-0.4, -0.2) is 23.1 Å². The lowest BCUT2D eigenvalue weighted by Gasteiger charge is -2.21. The van der Waals surface area contributed by atoms with E-state index in [4.69, 9.17) is 4.74 Å². The normalized spacial score (nSPS) is 11.6. The lowest BCUT2D eigenvalue weighted by Crippen LogP contribution is -2.26. The Morgan fingerprint density at radius 1 is 1.47 bits per heavy atom. The standard InChI is InChI=1S/C14H18N2O2S/c1-5-18-13(17)10-8-9-6-7-15-12(11(9)19-10)16-14(2,3)4/h6-8H,5H2,1-4H3,(H,15,16). The predicted molar refractivity (Wildman–Crippen MR) is 79.0 cm³/mol. The molecule has 102 valence electrons. The fourth-order valence-corrected chi connectivity index (χ4v) is 2.71. The third-order valence-electron chi connectivity index (χ3n) is 2.40. The van der Waals surface area contributed by atoms with Gasteiger partial charge < -0.3 is 10.1 Å². The molecule has 0 unspecified atom stereocenters. The number of pyridine rings is 1. The summed E-state index contributed by atoms with van der Waals surface area (Å²) in [6.07, 6.45) is 1.75. The van der Waals surface area contributed by atoms with Gasteiger partial charge in [-0.15, -0.1) is 11.3 Å². The smallest absolute Gasteiger partial charge is 0.348 e. The van der Waals surface area contributed by atoms with Crippen molar-refractivity contribution in [3.8, 4) is 0 Å². The Bertz CT molecular complexity index is 599. The van der Waals surface area contributed by atoms with Crippen LogP contribution in [0.15, 0.2) is 18.3 Å². The molecule has 4 nitrogen and oxygen atoms in total. The van der Waals surface area contributed by atoms with E-state index >= 15 is 0 Å². The molecule has 0 bridgehead atoms. The number of thiophene rings is 1. The van der Waals surface area contributed by atoms with E-state index in [1.165, 1.54) is 11.3 Å². The second-order valence-corrected chi connectivity index (χ2v) is 6.34. The van der Waals surface area contributed by atoms with Crippen LogP contribution < -0.4 is 5.32 Å². The van der Waals surface area contributed by atoms with Crippen LogP contribution in [0.3, 0.4) is 0 Å². The van der Waals surface area contributed by atoms with Gasteiger partial charge >= 0.3 is 5.97 Å². The van der Waals surface area contributed by atoms with Gasteiger partial charge in [0.15, 0.2) is 0 Å². The van der Waals surface area contributed by atoms with Crippen molar-refractivity contribution in [2.45, 2.75) is 33.2 Å². The van der Waals surface area contributed by atoms with Gasteiger partial charge in [0.2, 0.25) is 0 Å². The van der Waals surface area contributed by atoms with Crippen LogP contribution in [0.2, 0.25) is 0 Å². The van der Waals surface area contributed by atoms with Gasteiger partial charge in [0, 0.05) is 11.7 Å². The van der Waals surface area contributed by atoms with E-state index < -0.39 is 0 Å². The first-order valence-electron chi connectivity index (χ1n) is 6.24. The minimum absolute atomic E-state index is 0.0740. The van der Waals surface area contributed by atoms with Crippen molar-refractivity contribution in [3.63, 3.8) is 0 Å². The van der Waals surface area contributed by atoms with E-state index in [9.17, 15) is 4.79 Å². The molecule has 0 aromatic carbocycles. The summed E-state index contributed by atoms with van der Waals surface area (Å²) >= 11 is 1.41. The molecule has 2 rings (SSSR count). The minimum atomic E-state index is -0.273. The highest BCUT2D eigenvalue weighted by molar-refractivity contribution is 7.21. The highest BCUT2D eigenvalue weighted by Crippen LogP contribution is 2.32. The number of aromatic nitrogens is 1. The third kappa shape index (κ3) is 3.23. The zero-order chi connectivity index (χ0) is 14.0. The van der Waals surface area contributed by atoms with Crippen molar-refractivity contribution in [1.29, 1.82) is 0 Å². The van der Waals surface area contributed by atoms with Gasteiger partial charge in [0.25, 0.3) is 0 Å². The van der Waals surface area contributed by atoms with Crippen LogP contribution in [0.4, 0.5) is 5.82 Å². The summed E-state index contributed by atoms with van der Waals surface area (Å²) in [5.41, 5.74) is -0.0740. The Labute approximate surface area is 116 Å². The number of rotatable bonds is 3. The second kappa shape index (κ2) is 5.17. The molecule has 0 atom stereocenters. The Morgan fingerprint density at radius 3 is 2.84 bits per heavy atom. The number of anilines is 1. The summed E-state index contributed by atoms with van der Waals surface area (Å²) < 4.78 is 6.02. The summed E-state index contributed by atoms with van der Waals surface area (Å²) in [6.45, 7) is 8.42. The average molecular weight is 278 g/mol. The van der Waals surface area contributed by atoms with Crippen molar-refractivity contribution in [3.05, 3.63) is 23.2 Å². The molecule has 2 aromatic heterocycles. The summed E-state index contributed by atoms with van der Waals surface area (Å²) in [4.78, 5) is 16.7. The number of ether oxygens (including phenoxy) is 1. The number of hydrogen-bond donors (Lipinski definition) is 1. The molecule has 0 radical (unpaired) electrons. The molecule has 0 saturated carbocycles. The molecule has 0 aliphatic carbocycles. The summed E-state index contributed by atoms with van der Waals surface area (Å²) in [5, 5.41) is 4.36. The quantitative estimate of drug-likeness (QED) is 0.870. The fraction of sp³-hybridized carbons (Fsp3) is 0.429. The van der Waals surface area contributed by atoms with Crippen LogP contribution in [-0.2, 0) is 4.74 Å². The molecular weight excluding hydrogens is 260 g/mol. The number of hydrogen-bond acceptors (Lipinski definition) is 5. The predicted octanol–water partition coefficient (Wildman–Crippen LogP) is 3.68. The maximum Gasteiger partial charge on any atom is 0.348 e. The zero-order valence-corrected chi connectivity index (χ0v) is 12.4. The number of nitrogens with zero attached hydrogens (tertiary/aromatic N) is 1. The molecule has 19 heavy (non-hydrogen) atoms. The summed E-state index contributed by atoms with van der Waals surface area (Å²) in [5.74, 6) is 0.538. The van der Waals surface area contributed by atoms with Crippen molar-refractivity contribution < 1.29 is 9.53 Å². The van der Waals surface area contributed by atoms with E-state index in [1.54, 1.807) is 13.1 Å². The maximum absolute atomic E-state index is 11.8. The molecule has 0 spiro atoms. The summed E-state index contributed by atoms with van der Waals surface area (Å²) in [7, 11) is 0. The van der Waals surface area contributed by atoms with Gasteiger partial charge in [0.05, 0.1) is 11.3 Å². The van der Waals surface area contributed by atoms with Gasteiger partial charge in [-0.1, -0.05) is 0 Å². The first kappa shape index (κ1) is 13.8. The Kier molecular flexibility index (Phi) is 3.75. The molecule has 0 fully saturated rings.